The van der Waals surface area contributed by atoms with E-state index in [4.69, 9.17) is 4.74 Å². The largest absolute Gasteiger partial charge is 0.497 e. The zero-order valence-corrected chi connectivity index (χ0v) is 20.5. The highest BCUT2D eigenvalue weighted by Crippen LogP contribution is 2.36. The molecule has 6 rings (SSSR count). The summed E-state index contributed by atoms with van der Waals surface area (Å²) in [6.45, 7) is 8.17. The number of piperazine rings is 1. The van der Waals surface area contributed by atoms with E-state index in [1.165, 1.54) is 6.42 Å². The first-order valence-corrected chi connectivity index (χ1v) is 12.7. The highest BCUT2D eigenvalue weighted by molar-refractivity contribution is 5.89. The molecule has 0 aliphatic carbocycles. The number of amides is 2. The summed E-state index contributed by atoms with van der Waals surface area (Å²) < 4.78 is 18.4. The Morgan fingerprint density at radius 2 is 1.77 bits per heavy atom. The molecular formula is C27H36FN5O2. The third-order valence-corrected chi connectivity index (χ3v) is 7.92. The molecule has 0 saturated carbocycles. The number of nitrogens with one attached hydrogen (secondary N) is 2. The van der Waals surface area contributed by atoms with E-state index < -0.39 is 0 Å². The lowest BCUT2D eigenvalue weighted by Crippen LogP contribution is -2.59. The van der Waals surface area contributed by atoms with Crippen molar-refractivity contribution >= 4 is 17.4 Å². The van der Waals surface area contributed by atoms with Crippen molar-refractivity contribution in [1.82, 2.24) is 15.1 Å². The van der Waals surface area contributed by atoms with Gasteiger partial charge in [0.25, 0.3) is 0 Å². The van der Waals surface area contributed by atoms with E-state index in [2.05, 4.69) is 25.3 Å². The van der Waals surface area contributed by atoms with Crippen LogP contribution in [0, 0.1) is 17.7 Å². The van der Waals surface area contributed by atoms with Crippen molar-refractivity contribution in [2.45, 2.75) is 18.9 Å². The molecule has 0 aromatic heterocycles. The molecule has 0 spiro atoms. The zero-order valence-electron chi connectivity index (χ0n) is 20.5. The van der Waals surface area contributed by atoms with Gasteiger partial charge in [-0.1, -0.05) is 0 Å². The van der Waals surface area contributed by atoms with E-state index in [0.29, 0.717) is 18.5 Å². The van der Waals surface area contributed by atoms with E-state index >= 15 is 0 Å². The van der Waals surface area contributed by atoms with Crippen molar-refractivity contribution in [2.24, 2.45) is 11.8 Å². The highest BCUT2D eigenvalue weighted by atomic mass is 19.1. The average molecular weight is 482 g/mol. The van der Waals surface area contributed by atoms with Gasteiger partial charge in [-0.05, 0) is 79.8 Å². The Hall–Kier alpha value is -2.84. The van der Waals surface area contributed by atoms with Gasteiger partial charge in [-0.15, -0.1) is 0 Å². The molecule has 7 nitrogen and oxygen atoms in total. The second-order valence-corrected chi connectivity index (χ2v) is 10.0. The van der Waals surface area contributed by atoms with Crippen LogP contribution in [0.25, 0.3) is 0 Å². The smallest absolute Gasteiger partial charge is 0.319 e. The van der Waals surface area contributed by atoms with Gasteiger partial charge in [0.05, 0.1) is 7.11 Å². The maximum atomic E-state index is 13.2. The summed E-state index contributed by atoms with van der Waals surface area (Å²) in [5.74, 6) is 2.02. The average Bonchev–Trinajstić information content (AvgIpc) is 2.89. The molecular weight excluding hydrogens is 445 g/mol. The maximum absolute atomic E-state index is 13.2. The predicted octanol–water partition coefficient (Wildman–Crippen LogP) is 3.49. The van der Waals surface area contributed by atoms with Gasteiger partial charge in [0.2, 0.25) is 0 Å². The van der Waals surface area contributed by atoms with E-state index in [1.54, 1.807) is 19.2 Å². The number of hydrogen-bond acceptors (Lipinski definition) is 5. The van der Waals surface area contributed by atoms with Crippen molar-refractivity contribution in [3.63, 3.8) is 0 Å². The summed E-state index contributed by atoms with van der Waals surface area (Å²) >= 11 is 0. The standard InChI is InChI=1S/C27H36FN5O2/c1-35-26-8-4-23(5-9-26)30-27(34)29-17-25-16-20-10-11-33(25)19-21(20)18-31-12-14-32(15-13-31)24-6-2-22(28)3-7-24/h2-9,20-21,25H,10-19H2,1H3,(H2,29,30,34)/t20-,21-,25+/m0/s1. The second-order valence-electron chi connectivity index (χ2n) is 10.0. The van der Waals surface area contributed by atoms with Gasteiger partial charge in [-0.25, -0.2) is 9.18 Å². The molecule has 4 aliphatic heterocycles. The monoisotopic (exact) mass is 481 g/mol. The molecule has 4 aliphatic rings. The molecule has 0 radical (unpaired) electrons. The Kier molecular flexibility index (Phi) is 7.39. The summed E-state index contributed by atoms with van der Waals surface area (Å²) in [6, 6.07) is 14.5. The van der Waals surface area contributed by atoms with Crippen molar-refractivity contribution in [3.8, 4) is 5.75 Å². The Bertz CT molecular complexity index is 978. The van der Waals surface area contributed by atoms with Crippen molar-refractivity contribution in [1.29, 1.82) is 0 Å². The number of carbonyl (C=O) groups excluding carboxylic acids is 1. The van der Waals surface area contributed by atoms with Gasteiger partial charge in [-0.2, -0.15) is 0 Å². The van der Waals surface area contributed by atoms with Crippen LogP contribution in [0.5, 0.6) is 5.75 Å². The fourth-order valence-electron chi connectivity index (χ4n) is 5.90. The van der Waals surface area contributed by atoms with Crippen LogP contribution in [0.4, 0.5) is 20.6 Å². The second kappa shape index (κ2) is 10.8. The predicted molar refractivity (Wildman–Crippen MR) is 137 cm³/mol. The fourth-order valence-corrected chi connectivity index (χ4v) is 5.90. The molecule has 2 bridgehead atoms. The van der Waals surface area contributed by atoms with Crippen molar-refractivity contribution in [2.75, 3.05) is 69.7 Å². The highest BCUT2D eigenvalue weighted by Gasteiger charge is 2.40. The Morgan fingerprint density at radius 3 is 2.43 bits per heavy atom. The zero-order chi connectivity index (χ0) is 24.2. The van der Waals surface area contributed by atoms with Crippen LogP contribution in [0.15, 0.2) is 48.5 Å². The van der Waals surface area contributed by atoms with E-state index in [0.717, 1.165) is 75.3 Å². The Morgan fingerprint density at radius 1 is 1.03 bits per heavy atom. The number of benzene rings is 2. The number of anilines is 2. The van der Waals surface area contributed by atoms with Crippen LogP contribution in [-0.2, 0) is 0 Å². The van der Waals surface area contributed by atoms with Crippen LogP contribution >= 0.6 is 0 Å². The summed E-state index contributed by atoms with van der Waals surface area (Å²) in [7, 11) is 1.63. The van der Waals surface area contributed by atoms with Gasteiger partial charge in [0.1, 0.15) is 11.6 Å². The van der Waals surface area contributed by atoms with Crippen molar-refractivity contribution < 1.29 is 13.9 Å². The lowest BCUT2D eigenvalue weighted by Gasteiger charge is -2.51. The van der Waals surface area contributed by atoms with E-state index in [-0.39, 0.29) is 11.8 Å². The molecule has 2 aromatic rings. The summed E-state index contributed by atoms with van der Waals surface area (Å²) in [6.07, 6.45) is 2.41. The number of fused-ring (bicyclic) bond motifs is 3. The summed E-state index contributed by atoms with van der Waals surface area (Å²) in [5, 5.41) is 5.98. The van der Waals surface area contributed by atoms with Gasteiger partial charge in [-0.3, -0.25) is 9.80 Å². The van der Waals surface area contributed by atoms with Gasteiger partial charge < -0.3 is 20.3 Å². The summed E-state index contributed by atoms with van der Waals surface area (Å²) in [4.78, 5) is 19.9. The van der Waals surface area contributed by atoms with Crippen LogP contribution < -0.4 is 20.3 Å². The molecule has 35 heavy (non-hydrogen) atoms. The molecule has 4 heterocycles. The molecule has 2 amide bonds. The van der Waals surface area contributed by atoms with Gasteiger partial charge >= 0.3 is 6.03 Å². The van der Waals surface area contributed by atoms with Gasteiger partial charge in [0.15, 0.2) is 0 Å². The van der Waals surface area contributed by atoms with E-state index in [9.17, 15) is 9.18 Å². The minimum Gasteiger partial charge on any atom is -0.497 e. The Balaban J connectivity index is 1.05. The first-order chi connectivity index (χ1) is 17.1. The third kappa shape index (κ3) is 5.87. The van der Waals surface area contributed by atoms with Crippen LogP contribution in [0.2, 0.25) is 0 Å². The van der Waals surface area contributed by atoms with E-state index in [1.807, 2.05) is 36.4 Å². The lowest BCUT2D eigenvalue weighted by molar-refractivity contribution is -0.0114. The third-order valence-electron chi connectivity index (χ3n) is 7.92. The molecule has 8 heteroatoms. The number of carbonyl (C=O) groups is 1. The van der Waals surface area contributed by atoms with Gasteiger partial charge in [0, 0.05) is 63.2 Å². The molecule has 4 fully saturated rings. The van der Waals surface area contributed by atoms with Crippen molar-refractivity contribution in [3.05, 3.63) is 54.3 Å². The van der Waals surface area contributed by atoms with Crippen LogP contribution in [0.3, 0.4) is 0 Å². The number of piperidine rings is 3. The quantitative estimate of drug-likeness (QED) is 0.634. The maximum Gasteiger partial charge on any atom is 0.319 e. The molecule has 2 N–H and O–H groups in total. The molecule has 4 saturated heterocycles. The minimum atomic E-state index is -0.180. The van der Waals surface area contributed by atoms with Crippen LogP contribution in [-0.4, -0.2) is 81.3 Å². The molecule has 2 aromatic carbocycles. The number of ether oxygens (including phenoxy) is 1. The number of urea groups is 1. The number of rotatable bonds is 7. The first-order valence-electron chi connectivity index (χ1n) is 12.7. The SMILES string of the molecule is COc1ccc(NC(=O)NC[C@H]2C[C@@H]3CCN2C[C@@H]3CN2CCN(c3ccc(F)cc3)CC2)cc1. The normalized spacial score (nSPS) is 26.4. The number of hydrogen-bond donors (Lipinski definition) is 2. The summed E-state index contributed by atoms with van der Waals surface area (Å²) in [5.41, 5.74) is 1.87. The number of methoxy groups -OCH3 is 1. The minimum absolute atomic E-state index is 0.159. The molecule has 1 unspecified atom stereocenters. The molecule has 4 atom stereocenters. The number of halogens is 1. The Labute approximate surface area is 207 Å². The molecule has 188 valence electrons. The fraction of sp³-hybridized carbons (Fsp3) is 0.519. The topological polar surface area (TPSA) is 60.1 Å². The van der Waals surface area contributed by atoms with Crippen LogP contribution in [0.1, 0.15) is 12.8 Å². The lowest BCUT2D eigenvalue weighted by atomic mass is 9.75. The number of nitrogens with zero attached hydrogens (tertiary/aromatic N) is 3. The first kappa shape index (κ1) is 23.9.